The average molecular weight is 303 g/mol. The molecule has 2 aromatic rings. The van der Waals surface area contributed by atoms with Gasteiger partial charge in [0.25, 0.3) is 5.91 Å². The molecule has 3 N–H and O–H groups in total. The molecular formula is C16H15ClN2O2. The molecule has 108 valence electrons. The zero-order chi connectivity index (χ0) is 15.0. The van der Waals surface area contributed by atoms with Crippen LogP contribution >= 0.6 is 11.6 Å². The van der Waals surface area contributed by atoms with Gasteiger partial charge in [0.2, 0.25) is 0 Å². The number of nitrogens with two attached hydrogens (primary N) is 1. The largest absolute Gasteiger partial charge is 0.482 e. The molecular weight excluding hydrogens is 288 g/mol. The van der Waals surface area contributed by atoms with Crippen molar-refractivity contribution in [1.82, 2.24) is 0 Å². The molecule has 0 aromatic heterocycles. The summed E-state index contributed by atoms with van der Waals surface area (Å²) < 4.78 is 5.34. The van der Waals surface area contributed by atoms with Crippen molar-refractivity contribution in [2.75, 3.05) is 11.9 Å². The quantitative estimate of drug-likeness (QED) is 0.896. The fourth-order valence-corrected chi connectivity index (χ4v) is 2.73. The summed E-state index contributed by atoms with van der Waals surface area (Å²) >= 11 is 6.08. The topological polar surface area (TPSA) is 64.3 Å². The number of aryl methyl sites for hydroxylation is 1. The molecule has 0 aliphatic carbocycles. The number of nitrogens with one attached hydrogen (secondary N) is 1. The zero-order valence-corrected chi connectivity index (χ0v) is 12.3. The van der Waals surface area contributed by atoms with Crippen molar-refractivity contribution in [3.8, 4) is 5.75 Å². The molecule has 1 amide bonds. The minimum Gasteiger partial charge on any atom is -0.482 e. The molecule has 5 heteroatoms. The van der Waals surface area contributed by atoms with Gasteiger partial charge in [-0.2, -0.15) is 0 Å². The van der Waals surface area contributed by atoms with Crippen LogP contribution in [0.1, 0.15) is 22.7 Å². The lowest BCUT2D eigenvalue weighted by molar-refractivity contribution is -0.118. The maximum atomic E-state index is 11.4. The van der Waals surface area contributed by atoms with Crippen molar-refractivity contribution in [3.63, 3.8) is 0 Å². The van der Waals surface area contributed by atoms with Crippen molar-refractivity contribution in [2.45, 2.75) is 13.0 Å². The number of amides is 1. The molecule has 1 atom stereocenters. The maximum absolute atomic E-state index is 11.4. The molecule has 1 aliphatic heterocycles. The van der Waals surface area contributed by atoms with Crippen LogP contribution in [0, 0.1) is 6.92 Å². The fraction of sp³-hybridized carbons (Fsp3) is 0.188. The van der Waals surface area contributed by atoms with Crippen LogP contribution in [0.3, 0.4) is 0 Å². The summed E-state index contributed by atoms with van der Waals surface area (Å²) in [5.74, 6) is 0.500. The van der Waals surface area contributed by atoms with Gasteiger partial charge in [0.15, 0.2) is 6.61 Å². The first-order valence-corrected chi connectivity index (χ1v) is 7.00. The highest BCUT2D eigenvalue weighted by Gasteiger charge is 2.18. The number of hydrogen-bond acceptors (Lipinski definition) is 3. The smallest absolute Gasteiger partial charge is 0.262 e. The summed E-state index contributed by atoms with van der Waals surface area (Å²) in [6, 6.07) is 11.0. The van der Waals surface area contributed by atoms with Crippen LogP contribution in [-0.4, -0.2) is 12.5 Å². The van der Waals surface area contributed by atoms with Crippen LogP contribution in [0.25, 0.3) is 0 Å². The second kappa shape index (κ2) is 5.39. The molecule has 1 heterocycles. The number of carbonyl (C=O) groups is 1. The number of halogens is 1. The molecule has 1 aliphatic rings. The Balaban J connectivity index is 1.96. The van der Waals surface area contributed by atoms with Crippen LogP contribution in [0.15, 0.2) is 36.4 Å². The van der Waals surface area contributed by atoms with Gasteiger partial charge in [-0.25, -0.2) is 0 Å². The average Bonchev–Trinajstić information content (AvgIpc) is 2.44. The summed E-state index contributed by atoms with van der Waals surface area (Å²) in [5, 5.41) is 3.45. The normalized spacial score (nSPS) is 14.9. The minimum atomic E-state index is -0.313. The number of ether oxygens (including phenoxy) is 1. The second-order valence-electron chi connectivity index (χ2n) is 5.13. The van der Waals surface area contributed by atoms with Crippen molar-refractivity contribution in [3.05, 3.63) is 58.1 Å². The third-order valence-corrected chi connectivity index (χ3v) is 3.64. The van der Waals surface area contributed by atoms with Gasteiger partial charge in [-0.05, 0) is 47.9 Å². The van der Waals surface area contributed by atoms with Crippen LogP contribution in [0.2, 0.25) is 5.02 Å². The van der Waals surface area contributed by atoms with Gasteiger partial charge in [-0.15, -0.1) is 0 Å². The Morgan fingerprint density at radius 2 is 2.05 bits per heavy atom. The molecule has 21 heavy (non-hydrogen) atoms. The Kier molecular flexibility index (Phi) is 3.57. The Labute approximate surface area is 127 Å². The molecule has 0 radical (unpaired) electrons. The van der Waals surface area contributed by atoms with E-state index in [1.807, 2.05) is 43.3 Å². The van der Waals surface area contributed by atoms with Crippen molar-refractivity contribution < 1.29 is 9.53 Å². The highest BCUT2D eigenvalue weighted by atomic mass is 35.5. The summed E-state index contributed by atoms with van der Waals surface area (Å²) in [6.07, 6.45) is 0. The molecule has 0 spiro atoms. The highest BCUT2D eigenvalue weighted by Crippen LogP contribution is 2.32. The van der Waals surface area contributed by atoms with Crippen LogP contribution in [0.5, 0.6) is 5.75 Å². The van der Waals surface area contributed by atoms with Gasteiger partial charge in [0, 0.05) is 5.02 Å². The van der Waals surface area contributed by atoms with Gasteiger partial charge in [-0.3, -0.25) is 4.79 Å². The minimum absolute atomic E-state index is 0.0475. The van der Waals surface area contributed by atoms with E-state index in [-0.39, 0.29) is 18.6 Å². The number of fused-ring (bicyclic) bond motifs is 1. The Bertz CT molecular complexity index is 695. The molecule has 0 fully saturated rings. The Morgan fingerprint density at radius 3 is 2.81 bits per heavy atom. The molecule has 0 bridgehead atoms. The van der Waals surface area contributed by atoms with Crippen molar-refractivity contribution in [2.24, 2.45) is 5.73 Å². The van der Waals surface area contributed by atoms with E-state index in [1.54, 1.807) is 0 Å². The molecule has 1 unspecified atom stereocenters. The fourth-order valence-electron chi connectivity index (χ4n) is 2.43. The van der Waals surface area contributed by atoms with Crippen LogP contribution in [0.4, 0.5) is 5.69 Å². The first-order valence-electron chi connectivity index (χ1n) is 6.62. The highest BCUT2D eigenvalue weighted by molar-refractivity contribution is 6.30. The molecule has 0 saturated heterocycles. The van der Waals surface area contributed by atoms with E-state index in [9.17, 15) is 4.79 Å². The van der Waals surface area contributed by atoms with Gasteiger partial charge in [0.1, 0.15) is 5.75 Å². The zero-order valence-electron chi connectivity index (χ0n) is 11.5. The SMILES string of the molecule is Cc1cc(Cl)cc(C(N)c2ccc3c(c2)NC(=O)CO3)c1. The third-order valence-electron chi connectivity index (χ3n) is 3.42. The van der Waals surface area contributed by atoms with E-state index in [0.29, 0.717) is 16.5 Å². The lowest BCUT2D eigenvalue weighted by Crippen LogP contribution is -2.25. The van der Waals surface area contributed by atoms with E-state index in [1.165, 1.54) is 0 Å². The Morgan fingerprint density at radius 1 is 1.24 bits per heavy atom. The van der Waals surface area contributed by atoms with Gasteiger partial charge in [-0.1, -0.05) is 23.7 Å². The molecule has 3 rings (SSSR count). The lowest BCUT2D eigenvalue weighted by atomic mass is 9.97. The first kappa shape index (κ1) is 13.9. The number of benzene rings is 2. The van der Waals surface area contributed by atoms with Gasteiger partial charge < -0.3 is 15.8 Å². The summed E-state index contributed by atoms with van der Waals surface area (Å²) in [4.78, 5) is 11.4. The standard InChI is InChI=1S/C16H15ClN2O2/c1-9-4-11(6-12(17)5-9)16(18)10-2-3-14-13(7-10)19-15(20)8-21-14/h2-7,16H,8,18H2,1H3,(H,19,20). The Hall–Kier alpha value is -2.04. The first-order chi connectivity index (χ1) is 10.0. The monoisotopic (exact) mass is 302 g/mol. The van der Waals surface area contributed by atoms with Gasteiger partial charge in [0.05, 0.1) is 11.7 Å². The van der Waals surface area contributed by atoms with E-state index < -0.39 is 0 Å². The van der Waals surface area contributed by atoms with Gasteiger partial charge >= 0.3 is 0 Å². The number of hydrogen-bond donors (Lipinski definition) is 2. The number of rotatable bonds is 2. The number of anilines is 1. The predicted molar refractivity (Wildman–Crippen MR) is 82.8 cm³/mol. The summed E-state index contributed by atoms with van der Waals surface area (Å²) in [6.45, 7) is 2.02. The second-order valence-corrected chi connectivity index (χ2v) is 5.57. The van der Waals surface area contributed by atoms with E-state index >= 15 is 0 Å². The molecule has 0 saturated carbocycles. The number of carbonyl (C=O) groups excluding carboxylic acids is 1. The third kappa shape index (κ3) is 2.86. The van der Waals surface area contributed by atoms with E-state index in [0.717, 1.165) is 16.7 Å². The van der Waals surface area contributed by atoms with Crippen LogP contribution in [-0.2, 0) is 4.79 Å². The van der Waals surface area contributed by atoms with Crippen molar-refractivity contribution in [1.29, 1.82) is 0 Å². The summed E-state index contributed by atoms with van der Waals surface area (Å²) in [7, 11) is 0. The molecule has 2 aromatic carbocycles. The lowest BCUT2D eigenvalue weighted by Gasteiger charge is -2.20. The van der Waals surface area contributed by atoms with Crippen LogP contribution < -0.4 is 15.8 Å². The predicted octanol–water partition coefficient (Wildman–Crippen LogP) is 3.03. The van der Waals surface area contributed by atoms with E-state index in [2.05, 4.69) is 5.32 Å². The summed E-state index contributed by atoms with van der Waals surface area (Å²) in [5.41, 5.74) is 9.84. The molecule has 4 nitrogen and oxygen atoms in total. The maximum Gasteiger partial charge on any atom is 0.262 e. The van der Waals surface area contributed by atoms with E-state index in [4.69, 9.17) is 22.1 Å². The van der Waals surface area contributed by atoms with Crippen molar-refractivity contribution >= 4 is 23.2 Å².